The Kier molecular flexibility index (Phi) is 8.88. The lowest BCUT2D eigenvalue weighted by molar-refractivity contribution is 0.0725. The van der Waals surface area contributed by atoms with Crippen molar-refractivity contribution < 1.29 is 14.0 Å². The minimum absolute atomic E-state index is 0.00820. The first kappa shape index (κ1) is 26.3. The van der Waals surface area contributed by atoms with Crippen molar-refractivity contribution in [3.05, 3.63) is 77.2 Å². The van der Waals surface area contributed by atoms with Crippen LogP contribution in [0.25, 0.3) is 0 Å². The summed E-state index contributed by atoms with van der Waals surface area (Å²) in [6.45, 7) is 9.11. The van der Waals surface area contributed by atoms with Gasteiger partial charge >= 0.3 is 6.03 Å². The Bertz CT molecular complexity index is 1200. The van der Waals surface area contributed by atoms with Crippen molar-refractivity contribution in [1.29, 1.82) is 0 Å². The number of nitrogens with one attached hydrogen (secondary N) is 2. The molecule has 0 saturated carbocycles. The Balaban J connectivity index is 1.61. The van der Waals surface area contributed by atoms with Gasteiger partial charge < -0.3 is 24.9 Å². The molecule has 0 radical (unpaired) electrons. The molecule has 1 aliphatic rings. The number of piperidine rings is 1. The summed E-state index contributed by atoms with van der Waals surface area (Å²) in [5.41, 5.74) is 5.06. The van der Waals surface area contributed by atoms with E-state index in [1.807, 2.05) is 67.3 Å². The van der Waals surface area contributed by atoms with Crippen LogP contribution in [0.1, 0.15) is 66.3 Å². The molecule has 0 aliphatic carbocycles. The van der Waals surface area contributed by atoms with E-state index in [0.29, 0.717) is 17.8 Å². The second-order valence-electron chi connectivity index (χ2n) is 9.82. The summed E-state index contributed by atoms with van der Waals surface area (Å²) in [5.74, 6) is 0.858. The van der Waals surface area contributed by atoms with Gasteiger partial charge in [0, 0.05) is 31.0 Å². The number of anilines is 3. The fourth-order valence-electron chi connectivity index (χ4n) is 4.67. The molecule has 3 aromatic rings. The van der Waals surface area contributed by atoms with Gasteiger partial charge in [-0.05, 0) is 93.1 Å². The molecule has 196 valence electrons. The van der Waals surface area contributed by atoms with Crippen molar-refractivity contribution in [2.75, 3.05) is 35.2 Å². The number of amides is 3. The molecule has 1 fully saturated rings. The molecule has 0 atom stereocenters. The van der Waals surface area contributed by atoms with Gasteiger partial charge in [-0.2, -0.15) is 0 Å². The number of rotatable bonds is 9. The van der Waals surface area contributed by atoms with Crippen LogP contribution in [0.2, 0.25) is 0 Å². The lowest BCUT2D eigenvalue weighted by Crippen LogP contribution is -2.37. The molecular formula is C30H38N4O3. The van der Waals surface area contributed by atoms with Crippen LogP contribution < -0.4 is 15.5 Å². The maximum absolute atomic E-state index is 13.7. The Hall–Kier alpha value is -3.74. The van der Waals surface area contributed by atoms with Crippen molar-refractivity contribution in [3.8, 4) is 0 Å². The highest BCUT2D eigenvalue weighted by atomic mass is 16.3. The molecule has 2 aromatic carbocycles. The Labute approximate surface area is 219 Å². The largest absolute Gasteiger partial charge is 0.467 e. The number of furan rings is 1. The van der Waals surface area contributed by atoms with Gasteiger partial charge in [-0.25, -0.2) is 4.79 Å². The third-order valence-corrected chi connectivity index (χ3v) is 6.94. The smallest absolute Gasteiger partial charge is 0.323 e. The molecule has 7 nitrogen and oxygen atoms in total. The zero-order valence-electron chi connectivity index (χ0n) is 22.2. The van der Waals surface area contributed by atoms with E-state index in [9.17, 15) is 9.59 Å². The molecule has 2 heterocycles. The molecule has 0 spiro atoms. The first-order valence-corrected chi connectivity index (χ1v) is 13.3. The van der Waals surface area contributed by atoms with Gasteiger partial charge in [0.2, 0.25) is 0 Å². The van der Waals surface area contributed by atoms with Gasteiger partial charge in [0.05, 0.1) is 24.1 Å². The first-order valence-electron chi connectivity index (χ1n) is 13.3. The number of nitrogens with zero attached hydrogens (tertiary/aromatic N) is 2. The topological polar surface area (TPSA) is 77.8 Å². The van der Waals surface area contributed by atoms with E-state index in [1.54, 1.807) is 6.26 Å². The summed E-state index contributed by atoms with van der Waals surface area (Å²) in [5, 5.41) is 5.82. The molecule has 4 rings (SSSR count). The second kappa shape index (κ2) is 12.5. The minimum Gasteiger partial charge on any atom is -0.467 e. The van der Waals surface area contributed by atoms with Crippen molar-refractivity contribution >= 4 is 29.0 Å². The summed E-state index contributed by atoms with van der Waals surface area (Å²) in [6, 6.07) is 14.9. The number of likely N-dealkylation sites (tertiary alicyclic amines) is 1. The van der Waals surface area contributed by atoms with Gasteiger partial charge in [-0.15, -0.1) is 0 Å². The number of urea groups is 1. The van der Waals surface area contributed by atoms with E-state index in [1.165, 1.54) is 5.56 Å². The Morgan fingerprint density at radius 2 is 1.68 bits per heavy atom. The number of aryl methyl sites for hydroxylation is 2. The van der Waals surface area contributed by atoms with E-state index in [0.717, 1.165) is 74.4 Å². The second-order valence-corrected chi connectivity index (χ2v) is 9.82. The lowest BCUT2D eigenvalue weighted by Gasteiger charge is -2.31. The number of benzene rings is 2. The summed E-state index contributed by atoms with van der Waals surface area (Å²) in [7, 11) is 0. The highest BCUT2D eigenvalue weighted by Crippen LogP contribution is 2.29. The quantitative estimate of drug-likeness (QED) is 0.331. The van der Waals surface area contributed by atoms with E-state index in [-0.39, 0.29) is 11.9 Å². The van der Waals surface area contributed by atoms with Crippen molar-refractivity contribution in [2.45, 2.75) is 59.4 Å². The van der Waals surface area contributed by atoms with Gasteiger partial charge in [0.25, 0.3) is 5.91 Å². The SMILES string of the molecule is CCCCN(Cc1ccco1)c1ccc(NC(=O)Nc2ccc(C)c(C)c2)cc1C(=O)N1CCCCC1. The fraction of sp³-hybridized carbons (Fsp3) is 0.400. The molecule has 0 bridgehead atoms. The number of unbranched alkanes of at least 4 members (excludes halogenated alkanes) is 1. The molecule has 3 amide bonds. The predicted molar refractivity (Wildman–Crippen MR) is 149 cm³/mol. The standard InChI is InChI=1S/C30H38N4O3/c1-4-5-15-34(21-26-10-9-18-37-26)28-14-13-25(20-27(28)29(35)33-16-7-6-8-17-33)32-30(36)31-24-12-11-22(2)23(3)19-24/h9-14,18-20H,4-8,15-17,21H2,1-3H3,(H2,31,32,36). The Morgan fingerprint density at radius 1 is 0.946 bits per heavy atom. The maximum Gasteiger partial charge on any atom is 0.323 e. The van der Waals surface area contributed by atoms with Gasteiger partial charge in [-0.3, -0.25) is 4.79 Å². The van der Waals surface area contributed by atoms with Crippen LogP contribution in [0.4, 0.5) is 21.9 Å². The molecule has 1 saturated heterocycles. The normalized spacial score (nSPS) is 13.3. The van der Waals surface area contributed by atoms with Crippen LogP contribution in [0, 0.1) is 13.8 Å². The first-order chi connectivity index (χ1) is 17.9. The summed E-state index contributed by atoms with van der Waals surface area (Å²) in [4.78, 5) is 30.7. The molecule has 1 aliphatic heterocycles. The summed E-state index contributed by atoms with van der Waals surface area (Å²) >= 11 is 0. The summed E-state index contributed by atoms with van der Waals surface area (Å²) < 4.78 is 5.63. The number of carbonyl (C=O) groups is 2. The van der Waals surface area contributed by atoms with Crippen LogP contribution >= 0.6 is 0 Å². The zero-order chi connectivity index (χ0) is 26.2. The van der Waals surface area contributed by atoms with Crippen LogP contribution in [0.15, 0.2) is 59.2 Å². The van der Waals surface area contributed by atoms with Crippen molar-refractivity contribution in [3.63, 3.8) is 0 Å². The average molecular weight is 503 g/mol. The highest BCUT2D eigenvalue weighted by Gasteiger charge is 2.24. The molecule has 1 aromatic heterocycles. The van der Waals surface area contributed by atoms with Crippen LogP contribution in [0.3, 0.4) is 0 Å². The van der Waals surface area contributed by atoms with E-state index in [4.69, 9.17) is 4.42 Å². The van der Waals surface area contributed by atoms with Gasteiger partial charge in [-0.1, -0.05) is 19.4 Å². The molecule has 7 heteroatoms. The summed E-state index contributed by atoms with van der Waals surface area (Å²) in [6.07, 6.45) is 6.90. The van der Waals surface area contributed by atoms with Crippen LogP contribution in [-0.2, 0) is 6.54 Å². The van der Waals surface area contributed by atoms with Crippen LogP contribution in [0.5, 0.6) is 0 Å². The average Bonchev–Trinajstić information content (AvgIpc) is 3.42. The van der Waals surface area contributed by atoms with Gasteiger partial charge in [0.15, 0.2) is 0 Å². The maximum atomic E-state index is 13.7. The third kappa shape index (κ3) is 6.94. The van der Waals surface area contributed by atoms with Crippen molar-refractivity contribution in [1.82, 2.24) is 4.90 Å². The molecular weight excluding hydrogens is 464 g/mol. The minimum atomic E-state index is -0.342. The number of carbonyl (C=O) groups excluding carboxylic acids is 2. The predicted octanol–water partition coefficient (Wildman–Crippen LogP) is 6.97. The monoisotopic (exact) mass is 502 g/mol. The van der Waals surface area contributed by atoms with Crippen molar-refractivity contribution in [2.24, 2.45) is 0 Å². The highest BCUT2D eigenvalue weighted by molar-refractivity contribution is 6.04. The van der Waals surface area contributed by atoms with E-state index < -0.39 is 0 Å². The molecule has 37 heavy (non-hydrogen) atoms. The number of hydrogen-bond donors (Lipinski definition) is 2. The zero-order valence-corrected chi connectivity index (χ0v) is 22.2. The Morgan fingerprint density at radius 3 is 2.35 bits per heavy atom. The van der Waals surface area contributed by atoms with E-state index in [2.05, 4.69) is 22.5 Å². The number of hydrogen-bond acceptors (Lipinski definition) is 4. The van der Waals surface area contributed by atoms with Gasteiger partial charge in [0.1, 0.15) is 5.76 Å². The lowest BCUT2D eigenvalue weighted by atomic mass is 10.1. The van der Waals surface area contributed by atoms with E-state index >= 15 is 0 Å². The third-order valence-electron chi connectivity index (χ3n) is 6.94. The van der Waals surface area contributed by atoms with Crippen LogP contribution in [-0.4, -0.2) is 36.5 Å². The molecule has 2 N–H and O–H groups in total. The molecule has 0 unspecified atom stereocenters. The fourth-order valence-corrected chi connectivity index (χ4v) is 4.67.